The first kappa shape index (κ1) is 23.6. The fraction of sp³-hybridized carbons (Fsp3) is 0.481. The molecule has 0 N–H and O–H groups in total. The first-order chi connectivity index (χ1) is 17.0. The van der Waals surface area contributed by atoms with Crippen molar-refractivity contribution in [1.29, 1.82) is 0 Å². The maximum absolute atomic E-state index is 6.38. The van der Waals surface area contributed by atoms with E-state index in [1.54, 1.807) is 21.3 Å². The zero-order chi connectivity index (χ0) is 24.5. The average Bonchev–Trinajstić information content (AvgIpc) is 3.58. The number of rotatable bonds is 8. The highest BCUT2D eigenvalue weighted by Crippen LogP contribution is 2.54. The van der Waals surface area contributed by atoms with Crippen molar-refractivity contribution in [3.8, 4) is 34.5 Å². The van der Waals surface area contributed by atoms with Crippen LogP contribution in [0.1, 0.15) is 37.2 Å². The summed E-state index contributed by atoms with van der Waals surface area (Å²) in [6.45, 7) is 5.91. The molecule has 8 heteroatoms. The summed E-state index contributed by atoms with van der Waals surface area (Å²) >= 11 is 0. The van der Waals surface area contributed by atoms with Gasteiger partial charge in [0.05, 0.1) is 46.8 Å². The number of hydrogen-bond acceptors (Lipinski definition) is 8. The summed E-state index contributed by atoms with van der Waals surface area (Å²) < 4.78 is 46.7. The van der Waals surface area contributed by atoms with E-state index < -0.39 is 0 Å². The van der Waals surface area contributed by atoms with Crippen LogP contribution in [-0.2, 0) is 9.47 Å². The van der Waals surface area contributed by atoms with Crippen LogP contribution in [0.4, 0.5) is 0 Å². The van der Waals surface area contributed by atoms with E-state index in [1.807, 2.05) is 44.2 Å². The van der Waals surface area contributed by atoms with Crippen molar-refractivity contribution >= 4 is 0 Å². The smallest absolute Gasteiger partial charge is 0.231 e. The number of fused-ring (bicyclic) bond motifs is 2. The van der Waals surface area contributed by atoms with Gasteiger partial charge in [0.25, 0.3) is 0 Å². The maximum atomic E-state index is 6.38. The predicted octanol–water partition coefficient (Wildman–Crippen LogP) is 4.86. The van der Waals surface area contributed by atoms with Crippen molar-refractivity contribution in [1.82, 2.24) is 0 Å². The van der Waals surface area contributed by atoms with E-state index in [4.69, 9.17) is 37.9 Å². The Hall–Kier alpha value is -3.10. The lowest BCUT2D eigenvalue weighted by Gasteiger charge is -2.21. The molecule has 3 heterocycles. The highest BCUT2D eigenvalue weighted by molar-refractivity contribution is 5.55. The monoisotopic (exact) mass is 484 g/mol. The van der Waals surface area contributed by atoms with Gasteiger partial charge in [-0.05, 0) is 43.7 Å². The number of benzene rings is 2. The Labute approximate surface area is 205 Å². The van der Waals surface area contributed by atoms with Crippen LogP contribution in [0.5, 0.6) is 34.5 Å². The van der Waals surface area contributed by atoms with E-state index in [0.29, 0.717) is 48.6 Å². The normalized spacial score (nSPS) is 24.1. The Morgan fingerprint density at radius 3 is 2.09 bits per heavy atom. The van der Waals surface area contributed by atoms with Gasteiger partial charge >= 0.3 is 0 Å². The molecule has 0 spiro atoms. The van der Waals surface area contributed by atoms with Crippen molar-refractivity contribution in [3.63, 3.8) is 0 Å². The number of hydrogen-bond donors (Lipinski definition) is 0. The molecular formula is C27H32O8. The third kappa shape index (κ3) is 4.36. The van der Waals surface area contributed by atoms with Crippen LogP contribution in [0.2, 0.25) is 0 Å². The van der Waals surface area contributed by atoms with E-state index in [2.05, 4.69) is 0 Å². The lowest BCUT2D eigenvalue weighted by Crippen LogP contribution is -2.15. The summed E-state index contributed by atoms with van der Waals surface area (Å²) in [6.07, 6.45) is 1.72. The van der Waals surface area contributed by atoms with Crippen molar-refractivity contribution in [2.45, 2.75) is 26.1 Å². The molecule has 0 saturated carbocycles. The molecule has 3 aliphatic heterocycles. The van der Waals surface area contributed by atoms with Gasteiger partial charge in [-0.3, -0.25) is 0 Å². The van der Waals surface area contributed by atoms with Crippen LogP contribution in [0.3, 0.4) is 0 Å². The zero-order valence-electron chi connectivity index (χ0n) is 20.8. The molecule has 35 heavy (non-hydrogen) atoms. The standard InChI is InChI=1S/C27H32O8/c1-15(2)6-7-31-20-11-22-21(34-14-35-22)10-17(20)26-19-13-32-25(18(19)12-33-26)16-8-23(28-3)27(30-5)24(9-16)29-4/h6,8-11,18-19,25-26H,7,12-14H2,1-5H3/t18-,19+,25+,26-/m0/s1. The van der Waals surface area contributed by atoms with Crippen LogP contribution < -0.4 is 28.4 Å². The molecule has 0 aromatic heterocycles. The molecule has 0 aliphatic carbocycles. The Morgan fingerprint density at radius 1 is 0.829 bits per heavy atom. The summed E-state index contributed by atoms with van der Waals surface area (Å²) in [6, 6.07) is 7.80. The van der Waals surface area contributed by atoms with Crippen molar-refractivity contribution in [3.05, 3.63) is 47.0 Å². The average molecular weight is 485 g/mol. The van der Waals surface area contributed by atoms with Crippen molar-refractivity contribution in [2.75, 3.05) is 47.9 Å². The quantitative estimate of drug-likeness (QED) is 0.492. The fourth-order valence-electron chi connectivity index (χ4n) is 5.06. The van der Waals surface area contributed by atoms with Gasteiger partial charge in [0.1, 0.15) is 12.4 Å². The van der Waals surface area contributed by atoms with E-state index in [9.17, 15) is 0 Å². The van der Waals surface area contributed by atoms with E-state index in [1.165, 1.54) is 5.57 Å². The summed E-state index contributed by atoms with van der Waals surface area (Å²) in [5.41, 5.74) is 3.13. The zero-order valence-corrected chi connectivity index (χ0v) is 20.8. The molecule has 0 bridgehead atoms. The minimum absolute atomic E-state index is 0.150. The van der Waals surface area contributed by atoms with Gasteiger partial charge in [-0.25, -0.2) is 0 Å². The highest BCUT2D eigenvalue weighted by Gasteiger charge is 2.49. The van der Waals surface area contributed by atoms with Crippen LogP contribution in [0.15, 0.2) is 35.9 Å². The Balaban J connectivity index is 1.43. The van der Waals surface area contributed by atoms with Crippen LogP contribution in [0.25, 0.3) is 0 Å². The van der Waals surface area contributed by atoms with Gasteiger partial charge in [-0.15, -0.1) is 0 Å². The molecule has 188 valence electrons. The Morgan fingerprint density at radius 2 is 1.46 bits per heavy atom. The molecule has 8 nitrogen and oxygen atoms in total. The van der Waals surface area contributed by atoms with Crippen LogP contribution in [-0.4, -0.2) is 47.9 Å². The van der Waals surface area contributed by atoms with E-state index in [-0.39, 0.29) is 30.8 Å². The molecule has 4 atom stereocenters. The number of allylic oxidation sites excluding steroid dienone is 1. The summed E-state index contributed by atoms with van der Waals surface area (Å²) in [5.74, 6) is 4.24. The van der Waals surface area contributed by atoms with Gasteiger partial charge < -0.3 is 37.9 Å². The topological polar surface area (TPSA) is 73.8 Å². The molecule has 5 rings (SSSR count). The molecule has 2 fully saturated rings. The molecule has 0 amide bonds. The van der Waals surface area contributed by atoms with Gasteiger partial charge in [-0.1, -0.05) is 5.57 Å². The van der Waals surface area contributed by atoms with E-state index in [0.717, 1.165) is 16.9 Å². The molecule has 2 aromatic rings. The van der Waals surface area contributed by atoms with Crippen molar-refractivity contribution < 1.29 is 37.9 Å². The molecule has 2 saturated heterocycles. The first-order valence-electron chi connectivity index (χ1n) is 11.8. The Bertz CT molecular complexity index is 1080. The second-order valence-electron chi connectivity index (χ2n) is 9.13. The third-order valence-electron chi connectivity index (χ3n) is 6.82. The first-order valence-corrected chi connectivity index (χ1v) is 11.8. The third-order valence-corrected chi connectivity index (χ3v) is 6.82. The SMILES string of the molecule is COc1cc([C@H]2OC[C@@H]3[C@@H]2CO[C@H]3c2cc3c(cc2OCC=C(C)C)OCO3)cc(OC)c1OC. The maximum Gasteiger partial charge on any atom is 0.231 e. The summed E-state index contributed by atoms with van der Waals surface area (Å²) in [7, 11) is 4.83. The van der Waals surface area contributed by atoms with E-state index >= 15 is 0 Å². The lowest BCUT2D eigenvalue weighted by molar-refractivity contribution is 0.0182. The fourth-order valence-corrected chi connectivity index (χ4v) is 5.06. The number of ether oxygens (including phenoxy) is 8. The minimum atomic E-state index is -0.178. The Kier molecular flexibility index (Phi) is 6.67. The van der Waals surface area contributed by atoms with Gasteiger partial charge in [0.2, 0.25) is 12.5 Å². The van der Waals surface area contributed by atoms with Crippen LogP contribution in [0, 0.1) is 11.8 Å². The molecule has 0 radical (unpaired) electrons. The van der Waals surface area contributed by atoms with Gasteiger partial charge in [-0.2, -0.15) is 0 Å². The predicted molar refractivity (Wildman–Crippen MR) is 128 cm³/mol. The van der Waals surface area contributed by atoms with Gasteiger partial charge in [0.15, 0.2) is 23.0 Å². The highest BCUT2D eigenvalue weighted by atomic mass is 16.7. The molecule has 2 aromatic carbocycles. The second kappa shape index (κ2) is 9.87. The van der Waals surface area contributed by atoms with Gasteiger partial charge in [0, 0.05) is 23.5 Å². The summed E-state index contributed by atoms with van der Waals surface area (Å²) in [5, 5.41) is 0. The minimum Gasteiger partial charge on any atom is -0.493 e. The molecular weight excluding hydrogens is 452 g/mol. The lowest BCUT2D eigenvalue weighted by atomic mass is 9.84. The largest absolute Gasteiger partial charge is 0.493 e. The second-order valence-corrected chi connectivity index (χ2v) is 9.13. The molecule has 0 unspecified atom stereocenters. The number of methoxy groups -OCH3 is 3. The summed E-state index contributed by atoms with van der Waals surface area (Å²) in [4.78, 5) is 0. The van der Waals surface area contributed by atoms with Crippen LogP contribution >= 0.6 is 0 Å². The molecule has 3 aliphatic rings. The van der Waals surface area contributed by atoms with Crippen molar-refractivity contribution in [2.24, 2.45) is 11.8 Å².